The molecule has 1 heterocycles. The summed E-state index contributed by atoms with van der Waals surface area (Å²) >= 11 is 5.92. The molecule has 25 heavy (non-hydrogen) atoms. The summed E-state index contributed by atoms with van der Waals surface area (Å²) in [5, 5.41) is 0. The van der Waals surface area contributed by atoms with Crippen molar-refractivity contribution < 1.29 is 4.79 Å². The maximum absolute atomic E-state index is 12.5. The first-order chi connectivity index (χ1) is 12.2. The van der Waals surface area contributed by atoms with Gasteiger partial charge in [-0.05, 0) is 66.8 Å². The third-order valence-electron chi connectivity index (χ3n) is 5.55. The molecule has 0 spiro atoms. The number of aromatic nitrogens is 1. The number of rotatable bonds is 4. The third-order valence-corrected chi connectivity index (χ3v) is 5.77. The molecule has 1 aromatic heterocycles. The zero-order valence-electron chi connectivity index (χ0n) is 14.4. The Morgan fingerprint density at radius 2 is 2.04 bits per heavy atom. The lowest BCUT2D eigenvalue weighted by molar-refractivity contribution is -0.131. The van der Waals surface area contributed by atoms with Gasteiger partial charge >= 0.3 is 0 Å². The molecule has 0 N–H and O–H groups in total. The zero-order valence-corrected chi connectivity index (χ0v) is 15.1. The largest absolute Gasteiger partial charge is 0.334 e. The van der Waals surface area contributed by atoms with Crippen molar-refractivity contribution in [3.05, 3.63) is 64.5 Å². The van der Waals surface area contributed by atoms with Crippen LogP contribution in [-0.4, -0.2) is 27.7 Å². The number of pyridine rings is 1. The number of hydrogen-bond donors (Lipinski definition) is 0. The Hall–Kier alpha value is -1.87. The molecule has 2 aliphatic rings. The van der Waals surface area contributed by atoms with E-state index < -0.39 is 0 Å². The number of hydrogen-bond acceptors (Lipinski definition) is 2. The van der Waals surface area contributed by atoms with Crippen molar-refractivity contribution in [2.45, 2.75) is 51.1 Å². The summed E-state index contributed by atoms with van der Waals surface area (Å²) in [6.07, 6.45) is 8.20. The molecule has 1 atom stereocenters. The van der Waals surface area contributed by atoms with Crippen LogP contribution in [0.1, 0.15) is 40.8 Å². The monoisotopic (exact) mass is 354 g/mol. The van der Waals surface area contributed by atoms with Gasteiger partial charge in [0.1, 0.15) is 5.88 Å². The summed E-state index contributed by atoms with van der Waals surface area (Å²) in [6, 6.07) is 11.0. The Morgan fingerprint density at radius 1 is 1.16 bits per heavy atom. The Bertz CT molecular complexity index is 789. The highest BCUT2D eigenvalue weighted by molar-refractivity contribution is 6.27. The van der Waals surface area contributed by atoms with Crippen LogP contribution >= 0.6 is 11.6 Å². The predicted molar refractivity (Wildman–Crippen MR) is 99.8 cm³/mol. The SMILES string of the molecule is O=C(CCl)N(Cc1ccc2c(c1)CCC2)C1CCc2ncccc2C1. The van der Waals surface area contributed by atoms with E-state index in [-0.39, 0.29) is 17.8 Å². The molecule has 2 aliphatic carbocycles. The molecule has 1 unspecified atom stereocenters. The van der Waals surface area contributed by atoms with E-state index in [2.05, 4.69) is 29.2 Å². The normalized spacial score (nSPS) is 18.5. The van der Waals surface area contributed by atoms with Gasteiger partial charge in [-0.25, -0.2) is 0 Å². The van der Waals surface area contributed by atoms with Crippen LogP contribution in [0, 0.1) is 0 Å². The van der Waals surface area contributed by atoms with Crippen molar-refractivity contribution in [3.8, 4) is 0 Å². The molecule has 2 aromatic rings. The summed E-state index contributed by atoms with van der Waals surface area (Å²) in [6.45, 7) is 0.652. The van der Waals surface area contributed by atoms with Gasteiger partial charge in [0, 0.05) is 24.5 Å². The lowest BCUT2D eigenvalue weighted by Crippen LogP contribution is -2.43. The number of aryl methyl sites for hydroxylation is 3. The molecule has 4 heteroatoms. The smallest absolute Gasteiger partial charge is 0.238 e. The van der Waals surface area contributed by atoms with E-state index >= 15 is 0 Å². The minimum absolute atomic E-state index is 0.0273. The van der Waals surface area contributed by atoms with Gasteiger partial charge in [0.15, 0.2) is 0 Å². The standard InChI is InChI=1S/C21H23ClN2O/c22-13-21(25)24(14-15-6-7-16-3-1-4-17(16)11-15)19-8-9-20-18(12-19)5-2-10-23-20/h2,5-7,10-11,19H,1,3-4,8-9,12-14H2. The van der Waals surface area contributed by atoms with Crippen molar-refractivity contribution in [3.63, 3.8) is 0 Å². The first-order valence-corrected chi connectivity index (χ1v) is 9.67. The number of alkyl halides is 1. The molecular weight excluding hydrogens is 332 g/mol. The van der Waals surface area contributed by atoms with Crippen molar-refractivity contribution >= 4 is 17.5 Å². The van der Waals surface area contributed by atoms with E-state index in [4.69, 9.17) is 11.6 Å². The molecule has 0 bridgehead atoms. The van der Waals surface area contributed by atoms with Gasteiger partial charge in [0.05, 0.1) is 0 Å². The number of benzene rings is 1. The number of nitrogens with zero attached hydrogens (tertiary/aromatic N) is 2. The van der Waals surface area contributed by atoms with Gasteiger partial charge in [-0.2, -0.15) is 0 Å². The molecule has 1 amide bonds. The maximum atomic E-state index is 12.5. The van der Waals surface area contributed by atoms with Gasteiger partial charge < -0.3 is 4.90 Å². The van der Waals surface area contributed by atoms with Gasteiger partial charge in [0.2, 0.25) is 5.91 Å². The summed E-state index contributed by atoms with van der Waals surface area (Å²) in [5.41, 5.74) is 6.58. The molecule has 0 radical (unpaired) electrons. The van der Waals surface area contributed by atoms with Gasteiger partial charge in [-0.3, -0.25) is 9.78 Å². The van der Waals surface area contributed by atoms with Crippen LogP contribution in [0.15, 0.2) is 36.5 Å². The van der Waals surface area contributed by atoms with Gasteiger partial charge in [-0.1, -0.05) is 24.3 Å². The van der Waals surface area contributed by atoms with Gasteiger partial charge in [0.25, 0.3) is 0 Å². The molecule has 0 fully saturated rings. The zero-order chi connectivity index (χ0) is 17.2. The molecule has 0 saturated carbocycles. The Morgan fingerprint density at radius 3 is 2.92 bits per heavy atom. The van der Waals surface area contributed by atoms with E-state index in [0.29, 0.717) is 6.54 Å². The van der Waals surface area contributed by atoms with E-state index in [1.807, 2.05) is 17.2 Å². The average Bonchev–Trinajstić information content (AvgIpc) is 3.13. The van der Waals surface area contributed by atoms with Crippen LogP contribution in [0.5, 0.6) is 0 Å². The maximum Gasteiger partial charge on any atom is 0.238 e. The number of halogens is 1. The van der Waals surface area contributed by atoms with Crippen molar-refractivity contribution in [1.82, 2.24) is 9.88 Å². The lowest BCUT2D eigenvalue weighted by Gasteiger charge is -2.35. The van der Waals surface area contributed by atoms with Crippen molar-refractivity contribution in [2.75, 3.05) is 5.88 Å². The summed E-state index contributed by atoms with van der Waals surface area (Å²) in [4.78, 5) is 19.0. The Labute approximate surface area is 154 Å². The van der Waals surface area contributed by atoms with E-state index in [9.17, 15) is 4.79 Å². The van der Waals surface area contributed by atoms with Gasteiger partial charge in [-0.15, -0.1) is 11.6 Å². The summed E-state index contributed by atoms with van der Waals surface area (Å²) in [7, 11) is 0. The highest BCUT2D eigenvalue weighted by Crippen LogP contribution is 2.27. The van der Waals surface area contributed by atoms with Crippen LogP contribution in [0.2, 0.25) is 0 Å². The minimum Gasteiger partial charge on any atom is -0.334 e. The lowest BCUT2D eigenvalue weighted by atomic mass is 9.90. The minimum atomic E-state index is 0.0273. The van der Waals surface area contributed by atoms with Crippen LogP contribution < -0.4 is 0 Å². The molecule has 4 rings (SSSR count). The van der Waals surface area contributed by atoms with E-state index in [1.54, 1.807) is 0 Å². The van der Waals surface area contributed by atoms with Crippen molar-refractivity contribution in [2.24, 2.45) is 0 Å². The fourth-order valence-corrected chi connectivity index (χ4v) is 4.38. The van der Waals surface area contributed by atoms with E-state index in [0.717, 1.165) is 25.7 Å². The quantitative estimate of drug-likeness (QED) is 0.784. The molecule has 0 aliphatic heterocycles. The molecule has 1 aromatic carbocycles. The van der Waals surface area contributed by atoms with Crippen LogP contribution in [0.25, 0.3) is 0 Å². The number of amides is 1. The number of carbonyl (C=O) groups is 1. The highest BCUT2D eigenvalue weighted by Gasteiger charge is 2.28. The average molecular weight is 355 g/mol. The first-order valence-electron chi connectivity index (χ1n) is 9.13. The van der Waals surface area contributed by atoms with Crippen LogP contribution in [0.3, 0.4) is 0 Å². The second-order valence-corrected chi connectivity index (χ2v) is 7.38. The fourth-order valence-electron chi connectivity index (χ4n) is 4.23. The van der Waals surface area contributed by atoms with Crippen molar-refractivity contribution in [1.29, 1.82) is 0 Å². The summed E-state index contributed by atoms with van der Waals surface area (Å²) < 4.78 is 0. The molecule has 3 nitrogen and oxygen atoms in total. The predicted octanol–water partition coefficient (Wildman–Crippen LogP) is 3.70. The Balaban J connectivity index is 1.56. The van der Waals surface area contributed by atoms with Crippen LogP contribution in [-0.2, 0) is 37.0 Å². The third kappa shape index (κ3) is 3.43. The fraction of sp³-hybridized carbons (Fsp3) is 0.429. The highest BCUT2D eigenvalue weighted by atomic mass is 35.5. The molecule has 130 valence electrons. The molecule has 0 saturated heterocycles. The second kappa shape index (κ2) is 7.17. The van der Waals surface area contributed by atoms with E-state index in [1.165, 1.54) is 40.8 Å². The number of carbonyl (C=O) groups excluding carboxylic acids is 1. The molecular formula is C21H23ClN2O. The summed E-state index contributed by atoms with van der Waals surface area (Å²) in [5.74, 6) is 0.0703. The first kappa shape index (κ1) is 16.6. The topological polar surface area (TPSA) is 33.2 Å². The van der Waals surface area contributed by atoms with Crippen LogP contribution in [0.4, 0.5) is 0 Å². The Kier molecular flexibility index (Phi) is 4.76. The second-order valence-electron chi connectivity index (χ2n) is 7.12. The number of fused-ring (bicyclic) bond motifs is 2.